The molecule has 0 spiro atoms. The van der Waals surface area contributed by atoms with Crippen molar-refractivity contribution in [2.24, 2.45) is 0 Å². The second kappa shape index (κ2) is 7.27. The summed E-state index contributed by atoms with van der Waals surface area (Å²) in [4.78, 5) is 16.2. The zero-order valence-corrected chi connectivity index (χ0v) is 12.6. The summed E-state index contributed by atoms with van der Waals surface area (Å²) in [5, 5.41) is 2.46. The average Bonchev–Trinajstić information content (AvgIpc) is 2.51. The van der Waals surface area contributed by atoms with Gasteiger partial charge in [0.1, 0.15) is 5.82 Å². The number of nitrogen functional groups attached to an aromatic ring is 1. The third-order valence-electron chi connectivity index (χ3n) is 3.02. The Morgan fingerprint density at radius 1 is 1.43 bits per heavy atom. The molecule has 5 nitrogen and oxygen atoms in total. The molecule has 1 amide bonds. The number of anilines is 2. The van der Waals surface area contributed by atoms with Crippen LogP contribution < -0.4 is 15.8 Å². The number of amides is 1. The molecule has 6 heteroatoms. The fourth-order valence-electron chi connectivity index (χ4n) is 1.90. The number of hydrogen-bond donors (Lipinski definition) is 2. The van der Waals surface area contributed by atoms with Crippen LogP contribution in [0.15, 0.2) is 30.3 Å². The Morgan fingerprint density at radius 2 is 2.22 bits per heavy atom. The number of nitrogens with one attached hydrogen (secondary N) is 1. The monoisotopic (exact) mass is 313 g/mol. The lowest BCUT2D eigenvalue weighted by Gasteiger charge is -2.11. The first-order chi connectivity index (χ1) is 11.0. The minimum absolute atomic E-state index is 0.00631. The van der Waals surface area contributed by atoms with Gasteiger partial charge in [-0.05, 0) is 31.2 Å². The van der Waals surface area contributed by atoms with Crippen LogP contribution in [-0.2, 0) is 0 Å². The van der Waals surface area contributed by atoms with Gasteiger partial charge in [0.15, 0.2) is 11.6 Å². The Balaban J connectivity index is 2.18. The molecule has 0 unspecified atom stereocenters. The van der Waals surface area contributed by atoms with Gasteiger partial charge in [0.2, 0.25) is 0 Å². The molecule has 0 radical (unpaired) electrons. The summed E-state index contributed by atoms with van der Waals surface area (Å²) in [5.74, 6) is 1.29. The Morgan fingerprint density at radius 3 is 2.91 bits per heavy atom. The number of aromatic nitrogens is 1. The third-order valence-corrected chi connectivity index (χ3v) is 3.02. The highest BCUT2D eigenvalue weighted by Crippen LogP contribution is 2.25. The summed E-state index contributed by atoms with van der Waals surface area (Å²) in [7, 11) is 0. The zero-order valence-electron chi connectivity index (χ0n) is 12.6. The lowest BCUT2D eigenvalue weighted by molar-refractivity contribution is 0.102. The van der Waals surface area contributed by atoms with Crippen molar-refractivity contribution in [1.29, 1.82) is 0 Å². The molecule has 0 aliphatic rings. The van der Waals surface area contributed by atoms with Gasteiger partial charge < -0.3 is 15.8 Å². The highest BCUT2D eigenvalue weighted by atomic mass is 19.1. The van der Waals surface area contributed by atoms with E-state index in [9.17, 15) is 9.18 Å². The van der Waals surface area contributed by atoms with Crippen molar-refractivity contribution < 1.29 is 13.9 Å². The van der Waals surface area contributed by atoms with Crippen molar-refractivity contribution in [3.05, 3.63) is 47.4 Å². The molecule has 2 rings (SSSR count). The van der Waals surface area contributed by atoms with Crippen molar-refractivity contribution in [3.63, 3.8) is 0 Å². The molecule has 1 aromatic carbocycles. The van der Waals surface area contributed by atoms with E-state index in [1.807, 2.05) is 0 Å². The summed E-state index contributed by atoms with van der Waals surface area (Å²) in [6.45, 7) is 1.95. The van der Waals surface area contributed by atoms with Gasteiger partial charge in [-0.2, -0.15) is 0 Å². The number of terminal acetylenes is 1. The van der Waals surface area contributed by atoms with Gasteiger partial charge in [-0.1, -0.05) is 6.07 Å². The van der Waals surface area contributed by atoms with Gasteiger partial charge in [0, 0.05) is 12.1 Å². The summed E-state index contributed by atoms with van der Waals surface area (Å²) in [6.07, 6.45) is 5.48. The van der Waals surface area contributed by atoms with E-state index in [1.165, 1.54) is 18.2 Å². The number of carbonyl (C=O) groups excluding carboxylic acids is 1. The third kappa shape index (κ3) is 3.98. The largest absolute Gasteiger partial charge is 0.489 e. The van der Waals surface area contributed by atoms with Crippen LogP contribution >= 0.6 is 0 Å². The summed E-state index contributed by atoms with van der Waals surface area (Å²) in [5.41, 5.74) is 6.57. The van der Waals surface area contributed by atoms with Gasteiger partial charge in [0.25, 0.3) is 5.91 Å². The van der Waals surface area contributed by atoms with Gasteiger partial charge in [0.05, 0.1) is 17.9 Å². The van der Waals surface area contributed by atoms with Crippen molar-refractivity contribution in [1.82, 2.24) is 4.98 Å². The second-order valence-corrected chi connectivity index (χ2v) is 4.76. The summed E-state index contributed by atoms with van der Waals surface area (Å²) < 4.78 is 19.5. The van der Waals surface area contributed by atoms with E-state index in [0.29, 0.717) is 12.1 Å². The molecule has 0 bridgehead atoms. The Bertz CT molecular complexity index is 769. The fourth-order valence-corrected chi connectivity index (χ4v) is 1.90. The highest BCUT2D eigenvalue weighted by molar-refractivity contribution is 6.07. The molecule has 1 heterocycles. The van der Waals surface area contributed by atoms with Gasteiger partial charge >= 0.3 is 0 Å². The van der Waals surface area contributed by atoms with Crippen molar-refractivity contribution in [2.75, 3.05) is 17.7 Å². The topological polar surface area (TPSA) is 77.2 Å². The van der Waals surface area contributed by atoms with Crippen molar-refractivity contribution >= 4 is 17.4 Å². The van der Waals surface area contributed by atoms with Crippen LogP contribution in [0, 0.1) is 25.1 Å². The number of pyridine rings is 1. The van der Waals surface area contributed by atoms with Gasteiger partial charge in [-0.15, -0.1) is 12.3 Å². The molecule has 3 N–H and O–H groups in total. The standard InChI is InChI=1S/C17H16FN3O2/c1-3-4-10-23-14-7-5-6-13(15(14)18)21-17(22)12-9-8-11(2)20-16(12)19/h1,5-9H,4,10H2,2H3,(H2,19,20)(H,21,22). The molecule has 23 heavy (non-hydrogen) atoms. The Kier molecular flexibility index (Phi) is 5.15. The fraction of sp³-hybridized carbons (Fsp3) is 0.176. The number of hydrogen-bond acceptors (Lipinski definition) is 4. The van der Waals surface area contributed by atoms with E-state index >= 15 is 0 Å². The lowest BCUT2D eigenvalue weighted by atomic mass is 10.2. The molecule has 0 saturated heterocycles. The number of rotatable bonds is 5. The molecule has 1 aromatic heterocycles. The first kappa shape index (κ1) is 16.3. The smallest absolute Gasteiger partial charge is 0.259 e. The van der Waals surface area contributed by atoms with E-state index in [2.05, 4.69) is 16.2 Å². The van der Waals surface area contributed by atoms with Crippen LogP contribution in [0.4, 0.5) is 15.9 Å². The van der Waals surface area contributed by atoms with Crippen molar-refractivity contribution in [3.8, 4) is 18.1 Å². The van der Waals surface area contributed by atoms with Crippen LogP contribution in [0.1, 0.15) is 22.5 Å². The van der Waals surface area contributed by atoms with E-state index in [4.69, 9.17) is 16.9 Å². The number of carbonyl (C=O) groups is 1. The first-order valence-electron chi connectivity index (χ1n) is 6.92. The Hall–Kier alpha value is -3.07. The van der Waals surface area contributed by atoms with Gasteiger partial charge in [-0.25, -0.2) is 9.37 Å². The number of nitrogens with zero attached hydrogens (tertiary/aromatic N) is 1. The molecule has 0 atom stereocenters. The summed E-state index contributed by atoms with van der Waals surface area (Å²) >= 11 is 0. The lowest BCUT2D eigenvalue weighted by Crippen LogP contribution is -2.16. The molecule has 0 saturated carbocycles. The average molecular weight is 313 g/mol. The molecular formula is C17H16FN3O2. The van der Waals surface area contributed by atoms with Crippen molar-refractivity contribution in [2.45, 2.75) is 13.3 Å². The molecule has 2 aromatic rings. The SMILES string of the molecule is C#CCCOc1cccc(NC(=O)c2ccc(C)nc2N)c1F. The van der Waals surface area contributed by atoms with Crippen LogP contribution in [0.5, 0.6) is 5.75 Å². The maximum atomic E-state index is 14.3. The molecule has 0 aliphatic carbocycles. The van der Waals surface area contributed by atoms with Crippen LogP contribution in [-0.4, -0.2) is 17.5 Å². The number of aryl methyl sites for hydroxylation is 1. The first-order valence-corrected chi connectivity index (χ1v) is 6.92. The molecule has 118 valence electrons. The number of nitrogens with two attached hydrogens (primary N) is 1. The minimum atomic E-state index is -0.670. The molecule has 0 fully saturated rings. The molecular weight excluding hydrogens is 297 g/mol. The van der Waals surface area contributed by atoms with E-state index < -0.39 is 11.7 Å². The number of halogens is 1. The van der Waals surface area contributed by atoms with Crippen LogP contribution in [0.2, 0.25) is 0 Å². The quantitative estimate of drug-likeness (QED) is 0.657. The second-order valence-electron chi connectivity index (χ2n) is 4.76. The van der Waals surface area contributed by atoms with E-state index in [-0.39, 0.29) is 29.4 Å². The van der Waals surface area contributed by atoms with Crippen LogP contribution in [0.25, 0.3) is 0 Å². The maximum absolute atomic E-state index is 14.3. The molecule has 0 aliphatic heterocycles. The Labute approximate surface area is 133 Å². The predicted molar refractivity (Wildman–Crippen MR) is 86.7 cm³/mol. The normalized spacial score (nSPS) is 9.96. The minimum Gasteiger partial charge on any atom is -0.489 e. The van der Waals surface area contributed by atoms with Gasteiger partial charge in [-0.3, -0.25) is 4.79 Å². The summed E-state index contributed by atoms with van der Waals surface area (Å²) in [6, 6.07) is 7.65. The zero-order chi connectivity index (χ0) is 16.8. The highest BCUT2D eigenvalue weighted by Gasteiger charge is 2.15. The predicted octanol–water partition coefficient (Wildman–Crippen LogP) is 2.77. The maximum Gasteiger partial charge on any atom is 0.259 e. The van der Waals surface area contributed by atoms with Crippen LogP contribution in [0.3, 0.4) is 0 Å². The van der Waals surface area contributed by atoms with E-state index in [1.54, 1.807) is 19.1 Å². The van der Waals surface area contributed by atoms with E-state index in [0.717, 1.165) is 0 Å². The number of benzene rings is 1. The number of ether oxygens (including phenoxy) is 1.